The molecule has 25 heavy (non-hydrogen) atoms. The van der Waals surface area contributed by atoms with Crippen LogP contribution < -0.4 is 5.32 Å². The Labute approximate surface area is 146 Å². The highest BCUT2D eigenvalue weighted by Gasteiger charge is 2.20. The lowest BCUT2D eigenvalue weighted by Gasteiger charge is -2.14. The largest absolute Gasteiger partial charge is 0.449 e. The van der Waals surface area contributed by atoms with Crippen molar-refractivity contribution in [2.45, 2.75) is 13.0 Å². The molecule has 1 N–H and O–H groups in total. The fourth-order valence-electron chi connectivity index (χ4n) is 1.88. The maximum absolute atomic E-state index is 13.1. The van der Waals surface area contributed by atoms with Crippen LogP contribution in [0.3, 0.4) is 0 Å². The Bertz CT molecular complexity index is 860. The molecular weight excluding hydrogens is 354 g/mol. The van der Waals surface area contributed by atoms with Gasteiger partial charge in [-0.3, -0.25) is 4.79 Å². The molecule has 2 rings (SSSR count). The number of hydrogen-bond donors (Lipinski definition) is 1. The van der Waals surface area contributed by atoms with Gasteiger partial charge in [0.15, 0.2) is 6.10 Å². The van der Waals surface area contributed by atoms with Gasteiger partial charge in [0.25, 0.3) is 5.91 Å². The zero-order chi connectivity index (χ0) is 18.6. The van der Waals surface area contributed by atoms with Crippen LogP contribution in [0.5, 0.6) is 0 Å². The molecule has 0 radical (unpaired) electrons. The normalized spacial score (nSPS) is 11.3. The molecule has 0 aliphatic carbocycles. The Hall–Kier alpha value is -2.98. The summed E-state index contributed by atoms with van der Waals surface area (Å²) in [6.45, 7) is 1.30. The molecule has 0 aliphatic rings. The van der Waals surface area contributed by atoms with Gasteiger partial charge in [0.1, 0.15) is 17.7 Å². The molecular formula is C17H11ClF2N2O3. The van der Waals surface area contributed by atoms with Crippen LogP contribution in [0.4, 0.5) is 14.5 Å². The minimum atomic E-state index is -1.23. The van der Waals surface area contributed by atoms with Crippen molar-refractivity contribution >= 4 is 29.2 Å². The molecule has 2 aromatic rings. The highest BCUT2D eigenvalue weighted by Crippen LogP contribution is 2.20. The number of carbonyl (C=O) groups is 2. The van der Waals surface area contributed by atoms with Crippen LogP contribution in [0.2, 0.25) is 5.02 Å². The Morgan fingerprint density at radius 3 is 2.40 bits per heavy atom. The first-order valence-electron chi connectivity index (χ1n) is 6.97. The minimum Gasteiger partial charge on any atom is -0.449 e. The third-order valence-corrected chi connectivity index (χ3v) is 3.42. The number of hydrogen-bond acceptors (Lipinski definition) is 4. The predicted molar refractivity (Wildman–Crippen MR) is 86.0 cm³/mol. The summed E-state index contributed by atoms with van der Waals surface area (Å²) in [4.78, 5) is 23.9. The van der Waals surface area contributed by atoms with E-state index in [9.17, 15) is 18.4 Å². The number of nitriles is 1. The summed E-state index contributed by atoms with van der Waals surface area (Å²) in [5.74, 6) is -3.59. The summed E-state index contributed by atoms with van der Waals surface area (Å²) >= 11 is 5.86. The molecule has 0 bridgehead atoms. The SMILES string of the molecule is C[C@@H](OC(=O)c1cc(F)cc(F)c1)C(=O)Nc1ccc(C#N)c(Cl)c1. The van der Waals surface area contributed by atoms with E-state index >= 15 is 0 Å². The fourth-order valence-corrected chi connectivity index (χ4v) is 2.10. The van der Waals surface area contributed by atoms with Crippen molar-refractivity contribution in [1.29, 1.82) is 5.26 Å². The molecule has 128 valence electrons. The third kappa shape index (κ3) is 4.75. The molecule has 0 spiro atoms. The summed E-state index contributed by atoms with van der Waals surface area (Å²) < 4.78 is 31.1. The maximum atomic E-state index is 13.1. The first kappa shape index (κ1) is 18.4. The van der Waals surface area contributed by atoms with Crippen molar-refractivity contribution in [3.63, 3.8) is 0 Å². The maximum Gasteiger partial charge on any atom is 0.339 e. The van der Waals surface area contributed by atoms with Gasteiger partial charge >= 0.3 is 5.97 Å². The second kappa shape index (κ2) is 7.73. The molecule has 0 unspecified atom stereocenters. The number of halogens is 3. The predicted octanol–water partition coefficient (Wildman–Crippen LogP) is 3.67. The molecule has 2 aromatic carbocycles. The summed E-state index contributed by atoms with van der Waals surface area (Å²) in [6.07, 6.45) is -1.23. The van der Waals surface area contributed by atoms with Crippen LogP contribution in [0.15, 0.2) is 36.4 Å². The molecule has 0 saturated carbocycles. The van der Waals surface area contributed by atoms with Gasteiger partial charge in [-0.15, -0.1) is 0 Å². The number of carbonyl (C=O) groups excluding carboxylic acids is 2. The van der Waals surface area contributed by atoms with E-state index in [1.54, 1.807) is 0 Å². The van der Waals surface area contributed by atoms with Crippen molar-refractivity contribution in [3.05, 3.63) is 64.2 Å². The second-order valence-corrected chi connectivity index (χ2v) is 5.41. The van der Waals surface area contributed by atoms with E-state index in [4.69, 9.17) is 21.6 Å². The van der Waals surface area contributed by atoms with Crippen LogP contribution in [0, 0.1) is 23.0 Å². The summed E-state index contributed by atoms with van der Waals surface area (Å²) in [5, 5.41) is 11.4. The van der Waals surface area contributed by atoms with E-state index in [1.165, 1.54) is 25.1 Å². The van der Waals surface area contributed by atoms with Crippen molar-refractivity contribution in [2.75, 3.05) is 5.32 Å². The van der Waals surface area contributed by atoms with E-state index in [-0.39, 0.29) is 16.1 Å². The van der Waals surface area contributed by atoms with Gasteiger partial charge in [-0.1, -0.05) is 11.6 Å². The first-order chi connectivity index (χ1) is 11.8. The molecule has 8 heteroatoms. The van der Waals surface area contributed by atoms with Crippen molar-refractivity contribution in [1.82, 2.24) is 0 Å². The molecule has 0 heterocycles. The number of esters is 1. The van der Waals surface area contributed by atoms with E-state index in [0.717, 1.165) is 12.1 Å². The zero-order valence-corrected chi connectivity index (χ0v) is 13.6. The first-order valence-corrected chi connectivity index (χ1v) is 7.35. The van der Waals surface area contributed by atoms with Gasteiger partial charge in [-0.25, -0.2) is 13.6 Å². The quantitative estimate of drug-likeness (QED) is 0.839. The van der Waals surface area contributed by atoms with Crippen molar-refractivity contribution in [2.24, 2.45) is 0 Å². The topological polar surface area (TPSA) is 79.2 Å². The summed E-state index contributed by atoms with van der Waals surface area (Å²) in [6, 6.07) is 8.34. The fraction of sp³-hybridized carbons (Fsp3) is 0.118. The molecule has 0 fully saturated rings. The van der Waals surface area contributed by atoms with Crippen LogP contribution in [-0.4, -0.2) is 18.0 Å². The lowest BCUT2D eigenvalue weighted by molar-refractivity contribution is -0.123. The van der Waals surface area contributed by atoms with Gasteiger partial charge < -0.3 is 10.1 Å². The number of nitrogens with zero attached hydrogens (tertiary/aromatic N) is 1. The van der Waals surface area contributed by atoms with Crippen molar-refractivity contribution < 1.29 is 23.1 Å². The van der Waals surface area contributed by atoms with Gasteiger partial charge in [-0.2, -0.15) is 5.26 Å². The second-order valence-electron chi connectivity index (χ2n) is 5.00. The van der Waals surface area contributed by atoms with Crippen LogP contribution in [0.1, 0.15) is 22.8 Å². The zero-order valence-electron chi connectivity index (χ0n) is 12.8. The van der Waals surface area contributed by atoms with Crippen LogP contribution >= 0.6 is 11.6 Å². The Morgan fingerprint density at radius 2 is 1.84 bits per heavy atom. The van der Waals surface area contributed by atoms with Crippen LogP contribution in [-0.2, 0) is 9.53 Å². The van der Waals surface area contributed by atoms with Gasteiger partial charge in [0.05, 0.1) is 16.1 Å². The third-order valence-electron chi connectivity index (χ3n) is 3.11. The monoisotopic (exact) mass is 364 g/mol. The lowest BCUT2D eigenvalue weighted by atomic mass is 10.2. The molecule has 0 saturated heterocycles. The summed E-state index contributed by atoms with van der Waals surface area (Å²) in [7, 11) is 0. The van der Waals surface area contributed by atoms with E-state index < -0.39 is 29.6 Å². The van der Waals surface area contributed by atoms with E-state index in [0.29, 0.717) is 11.8 Å². The minimum absolute atomic E-state index is 0.153. The van der Waals surface area contributed by atoms with Crippen LogP contribution in [0.25, 0.3) is 0 Å². The number of rotatable bonds is 4. The molecule has 0 aromatic heterocycles. The van der Waals surface area contributed by atoms with Gasteiger partial charge in [0.2, 0.25) is 0 Å². The molecule has 1 amide bonds. The Kier molecular flexibility index (Phi) is 5.67. The number of ether oxygens (including phenoxy) is 1. The Balaban J connectivity index is 2.03. The highest BCUT2D eigenvalue weighted by atomic mass is 35.5. The lowest BCUT2D eigenvalue weighted by Crippen LogP contribution is -2.30. The molecule has 5 nitrogen and oxygen atoms in total. The average Bonchev–Trinajstić information content (AvgIpc) is 2.54. The number of amides is 1. The average molecular weight is 365 g/mol. The highest BCUT2D eigenvalue weighted by molar-refractivity contribution is 6.32. The van der Waals surface area contributed by atoms with Gasteiger partial charge in [0, 0.05) is 11.8 Å². The summed E-state index contributed by atoms with van der Waals surface area (Å²) in [5.41, 5.74) is 0.194. The standard InChI is InChI=1S/C17H11ClF2N2O3/c1-9(25-17(24)11-4-12(19)6-13(20)5-11)16(23)22-14-3-2-10(8-21)15(18)7-14/h2-7,9H,1H3,(H,22,23)/t9-/m1/s1. The Morgan fingerprint density at radius 1 is 1.20 bits per heavy atom. The van der Waals surface area contributed by atoms with Crippen molar-refractivity contribution in [3.8, 4) is 6.07 Å². The van der Waals surface area contributed by atoms with E-state index in [1.807, 2.05) is 6.07 Å². The smallest absolute Gasteiger partial charge is 0.339 e. The number of anilines is 1. The van der Waals surface area contributed by atoms with Gasteiger partial charge in [-0.05, 0) is 37.3 Å². The van der Waals surface area contributed by atoms with E-state index in [2.05, 4.69) is 5.32 Å². The number of benzene rings is 2. The molecule has 0 aliphatic heterocycles. The molecule has 1 atom stereocenters. The number of nitrogens with one attached hydrogen (secondary N) is 1.